The molecule has 114 valence electrons. The molecule has 0 bridgehead atoms. The summed E-state index contributed by atoms with van der Waals surface area (Å²) in [6.45, 7) is 17.4. The van der Waals surface area contributed by atoms with E-state index in [-0.39, 0.29) is 0 Å². The van der Waals surface area contributed by atoms with Crippen LogP contribution < -0.4 is 10.4 Å². The van der Waals surface area contributed by atoms with Gasteiger partial charge in [-0.15, -0.1) is 13.2 Å². The van der Waals surface area contributed by atoms with Crippen LogP contribution >= 0.6 is 0 Å². The fourth-order valence-electron chi connectivity index (χ4n) is 2.60. The summed E-state index contributed by atoms with van der Waals surface area (Å²) in [6, 6.07) is 17.9. The van der Waals surface area contributed by atoms with E-state index < -0.39 is 16.1 Å². The molecule has 0 fully saturated rings. The smallest absolute Gasteiger partial charge is 0.104 e. The Morgan fingerprint density at radius 3 is 1.82 bits per heavy atom. The zero-order chi connectivity index (χ0) is 16.4. The van der Waals surface area contributed by atoms with Crippen molar-refractivity contribution in [3.05, 3.63) is 73.1 Å². The summed E-state index contributed by atoms with van der Waals surface area (Å²) >= 11 is 0. The van der Waals surface area contributed by atoms with Crippen LogP contribution in [0, 0.1) is 0 Å². The SMILES string of the molecule is C=C[Si](C)(C)c1ccc(-c2ccccc2[Si](C)(C)C=C)cc1. The maximum absolute atomic E-state index is 4.06. The van der Waals surface area contributed by atoms with Crippen molar-refractivity contribution in [2.75, 3.05) is 0 Å². The monoisotopic (exact) mass is 322 g/mol. The van der Waals surface area contributed by atoms with E-state index in [1.807, 2.05) is 0 Å². The standard InChI is InChI=1S/C20H26Si2/c1-7-21(3,4)18-15-13-17(14-16-18)19-11-9-10-12-20(19)22(5,6)8-2/h7-16H,1-2H2,3-6H3. The van der Waals surface area contributed by atoms with Crippen LogP contribution in [-0.4, -0.2) is 16.1 Å². The van der Waals surface area contributed by atoms with Gasteiger partial charge in [-0.3, -0.25) is 0 Å². The fourth-order valence-corrected chi connectivity index (χ4v) is 5.53. The second-order valence-corrected chi connectivity index (χ2v) is 15.8. The van der Waals surface area contributed by atoms with Crippen molar-refractivity contribution in [1.29, 1.82) is 0 Å². The van der Waals surface area contributed by atoms with Gasteiger partial charge >= 0.3 is 0 Å². The number of hydrogen-bond acceptors (Lipinski definition) is 0. The summed E-state index contributed by atoms with van der Waals surface area (Å²) in [5, 5.41) is 2.89. The zero-order valence-corrected chi connectivity index (χ0v) is 16.2. The third-order valence-corrected chi connectivity index (χ3v) is 10.3. The minimum Gasteiger partial charge on any atom is -0.107 e. The Morgan fingerprint density at radius 1 is 0.727 bits per heavy atom. The second-order valence-electron chi connectivity index (χ2n) is 6.97. The summed E-state index contributed by atoms with van der Waals surface area (Å²) in [5.41, 5.74) is 6.96. The van der Waals surface area contributed by atoms with Crippen molar-refractivity contribution in [2.24, 2.45) is 0 Å². The van der Waals surface area contributed by atoms with Crippen LogP contribution in [-0.2, 0) is 0 Å². The van der Waals surface area contributed by atoms with E-state index >= 15 is 0 Å². The Kier molecular flexibility index (Phi) is 4.73. The third-order valence-electron chi connectivity index (χ3n) is 4.58. The quantitative estimate of drug-likeness (QED) is 0.704. The first kappa shape index (κ1) is 16.7. The molecule has 0 heterocycles. The topological polar surface area (TPSA) is 0 Å². The van der Waals surface area contributed by atoms with Gasteiger partial charge in [0.05, 0.1) is 0 Å². The fraction of sp³-hybridized carbons (Fsp3) is 0.200. The highest BCUT2D eigenvalue weighted by atomic mass is 28.3. The van der Waals surface area contributed by atoms with Crippen molar-refractivity contribution in [3.8, 4) is 11.1 Å². The van der Waals surface area contributed by atoms with E-state index in [0.717, 1.165) is 0 Å². The van der Waals surface area contributed by atoms with Crippen molar-refractivity contribution < 1.29 is 0 Å². The van der Waals surface area contributed by atoms with Gasteiger partial charge in [-0.1, -0.05) is 91.3 Å². The first-order valence-electron chi connectivity index (χ1n) is 7.79. The van der Waals surface area contributed by atoms with Gasteiger partial charge < -0.3 is 0 Å². The van der Waals surface area contributed by atoms with Crippen molar-refractivity contribution in [2.45, 2.75) is 26.2 Å². The Labute approximate surface area is 137 Å². The van der Waals surface area contributed by atoms with Crippen LogP contribution in [0.1, 0.15) is 0 Å². The Morgan fingerprint density at radius 2 is 1.27 bits per heavy atom. The molecule has 0 spiro atoms. The average Bonchev–Trinajstić information content (AvgIpc) is 2.55. The molecule has 2 heteroatoms. The van der Waals surface area contributed by atoms with Gasteiger partial charge in [0.1, 0.15) is 16.1 Å². The van der Waals surface area contributed by atoms with Crippen LogP contribution in [0.2, 0.25) is 26.2 Å². The van der Waals surface area contributed by atoms with E-state index in [1.165, 1.54) is 21.5 Å². The lowest BCUT2D eigenvalue weighted by molar-refractivity contribution is 1.63. The highest BCUT2D eigenvalue weighted by Gasteiger charge is 2.23. The summed E-state index contributed by atoms with van der Waals surface area (Å²) in [7, 11) is -3.06. The largest absolute Gasteiger partial charge is 0.107 e. The van der Waals surface area contributed by atoms with Crippen molar-refractivity contribution in [3.63, 3.8) is 0 Å². The van der Waals surface area contributed by atoms with Crippen LogP contribution in [0.5, 0.6) is 0 Å². The zero-order valence-electron chi connectivity index (χ0n) is 14.2. The molecule has 0 nitrogen and oxygen atoms in total. The van der Waals surface area contributed by atoms with E-state index in [4.69, 9.17) is 0 Å². The molecular formula is C20H26Si2. The molecule has 0 aliphatic heterocycles. The van der Waals surface area contributed by atoms with Gasteiger partial charge in [-0.25, -0.2) is 0 Å². The van der Waals surface area contributed by atoms with Crippen molar-refractivity contribution in [1.82, 2.24) is 0 Å². The molecule has 0 saturated carbocycles. The number of benzene rings is 2. The minimum atomic E-state index is -1.58. The Bertz CT molecular complexity index is 679. The first-order valence-corrected chi connectivity index (χ1v) is 13.9. The molecule has 2 aromatic rings. The van der Waals surface area contributed by atoms with Gasteiger partial charge in [-0.05, 0) is 16.3 Å². The summed E-state index contributed by atoms with van der Waals surface area (Å²) in [4.78, 5) is 0. The molecule has 0 saturated heterocycles. The molecule has 0 unspecified atom stereocenters. The average molecular weight is 323 g/mol. The molecule has 0 aliphatic rings. The molecule has 0 aromatic heterocycles. The maximum atomic E-state index is 4.06. The molecule has 0 atom stereocenters. The number of rotatable bonds is 5. The third kappa shape index (κ3) is 3.23. The lowest BCUT2D eigenvalue weighted by atomic mass is 10.1. The van der Waals surface area contributed by atoms with Gasteiger partial charge in [0, 0.05) is 0 Å². The molecule has 2 rings (SSSR count). The predicted molar refractivity (Wildman–Crippen MR) is 107 cm³/mol. The van der Waals surface area contributed by atoms with E-state index in [9.17, 15) is 0 Å². The maximum Gasteiger partial charge on any atom is 0.104 e. The minimum absolute atomic E-state index is 1.30. The molecular weight excluding hydrogens is 296 g/mol. The first-order chi connectivity index (χ1) is 10.3. The molecule has 0 aliphatic carbocycles. The van der Waals surface area contributed by atoms with Crippen LogP contribution in [0.3, 0.4) is 0 Å². The molecule has 2 aromatic carbocycles. The van der Waals surface area contributed by atoms with E-state index in [1.54, 1.807) is 0 Å². The van der Waals surface area contributed by atoms with E-state index in [2.05, 4.69) is 99.3 Å². The van der Waals surface area contributed by atoms with E-state index in [0.29, 0.717) is 0 Å². The van der Waals surface area contributed by atoms with Crippen molar-refractivity contribution >= 4 is 26.5 Å². The summed E-state index contributed by atoms with van der Waals surface area (Å²) in [5.74, 6) is 0. The molecule has 22 heavy (non-hydrogen) atoms. The van der Waals surface area contributed by atoms with Gasteiger partial charge in [0.2, 0.25) is 0 Å². The van der Waals surface area contributed by atoms with Crippen LogP contribution in [0.4, 0.5) is 0 Å². The highest BCUT2D eigenvalue weighted by Crippen LogP contribution is 2.21. The lowest BCUT2D eigenvalue weighted by Crippen LogP contribution is -2.41. The molecule has 0 radical (unpaired) electrons. The highest BCUT2D eigenvalue weighted by molar-refractivity contribution is 6.95. The lowest BCUT2D eigenvalue weighted by Gasteiger charge is -2.23. The van der Waals surface area contributed by atoms with Gasteiger partial charge in [-0.2, -0.15) is 0 Å². The normalized spacial score (nSPS) is 12.0. The second kappa shape index (κ2) is 6.23. The molecule has 0 amide bonds. The van der Waals surface area contributed by atoms with Crippen LogP contribution in [0.15, 0.2) is 73.1 Å². The molecule has 0 N–H and O–H groups in total. The Hall–Kier alpha value is -1.65. The van der Waals surface area contributed by atoms with Gasteiger partial charge in [0.25, 0.3) is 0 Å². The Balaban J connectivity index is 2.50. The van der Waals surface area contributed by atoms with Gasteiger partial charge in [0.15, 0.2) is 0 Å². The summed E-state index contributed by atoms with van der Waals surface area (Å²) in [6.07, 6.45) is 0. The number of hydrogen-bond donors (Lipinski definition) is 0. The predicted octanol–water partition coefficient (Wildman–Crippen LogP) is 4.63. The van der Waals surface area contributed by atoms with Crippen LogP contribution in [0.25, 0.3) is 11.1 Å². The summed E-state index contributed by atoms with van der Waals surface area (Å²) < 4.78 is 0.